The Morgan fingerprint density at radius 2 is 2.03 bits per heavy atom. The summed E-state index contributed by atoms with van der Waals surface area (Å²) in [6, 6.07) is 14.0. The summed E-state index contributed by atoms with van der Waals surface area (Å²) in [6.45, 7) is 5.46. The minimum absolute atomic E-state index is 0.188. The molecule has 1 atom stereocenters. The van der Waals surface area contributed by atoms with Gasteiger partial charge in [0.05, 0.1) is 18.0 Å². The monoisotopic (exact) mass is 485 g/mol. The predicted octanol–water partition coefficient (Wildman–Crippen LogP) is 4.69. The highest BCUT2D eigenvalue weighted by molar-refractivity contribution is 6.14. The molecule has 2 fully saturated rings. The molecule has 1 aliphatic heterocycles. The number of rotatable bonds is 8. The van der Waals surface area contributed by atoms with E-state index in [1.807, 2.05) is 6.07 Å². The van der Waals surface area contributed by atoms with Gasteiger partial charge in [0.2, 0.25) is 0 Å². The van der Waals surface area contributed by atoms with Crippen LogP contribution in [-0.4, -0.2) is 54.0 Å². The largest absolute Gasteiger partial charge is 0.366 e. The zero-order valence-electron chi connectivity index (χ0n) is 19.9. The molecule has 2 heterocycles. The highest BCUT2D eigenvalue weighted by atomic mass is 19.1. The van der Waals surface area contributed by atoms with Crippen LogP contribution < -0.4 is 5.32 Å². The molecule has 1 unspecified atom stereocenters. The number of ether oxygens (including phenoxy) is 1. The maximum atomic E-state index is 14.7. The highest BCUT2D eigenvalue weighted by Crippen LogP contribution is 2.42. The zero-order valence-corrected chi connectivity index (χ0v) is 19.9. The summed E-state index contributed by atoms with van der Waals surface area (Å²) in [6.07, 6.45) is 4.77. The molecule has 5 rings (SSSR count). The van der Waals surface area contributed by atoms with Crippen molar-refractivity contribution in [3.8, 4) is 0 Å². The Bertz CT molecular complexity index is 1290. The van der Waals surface area contributed by atoms with E-state index in [1.165, 1.54) is 6.07 Å². The van der Waals surface area contributed by atoms with Crippen LogP contribution in [0.4, 0.5) is 15.8 Å². The molecule has 184 valence electrons. The van der Waals surface area contributed by atoms with Crippen LogP contribution in [0.2, 0.25) is 0 Å². The standard InChI is InChI=1S/C28H28FN5O2/c1-31-25-8-7-20(15-22(25)27(30)19-9-11-32-12-10-19)33-28(35)26-17-34(13-14-36-26)16-23-21(18-5-6-18)3-2-4-24(23)29/h2-4,7-12,15,18,26,30H,1,5-6,13-14,16-17H2,(H,33,35). The third kappa shape index (κ3) is 5.24. The van der Waals surface area contributed by atoms with Crippen LogP contribution in [0.15, 0.2) is 65.9 Å². The molecule has 36 heavy (non-hydrogen) atoms. The number of aromatic nitrogens is 1. The van der Waals surface area contributed by atoms with Gasteiger partial charge in [-0.25, -0.2) is 4.39 Å². The number of carbonyl (C=O) groups excluding carboxylic acids is 1. The summed E-state index contributed by atoms with van der Waals surface area (Å²) in [5.74, 6) is -0.0210. The van der Waals surface area contributed by atoms with E-state index in [0.29, 0.717) is 54.7 Å². The van der Waals surface area contributed by atoms with E-state index in [9.17, 15) is 9.18 Å². The molecule has 2 aliphatic rings. The summed E-state index contributed by atoms with van der Waals surface area (Å²) in [5.41, 5.74) is 4.39. The third-order valence-electron chi connectivity index (χ3n) is 6.67. The van der Waals surface area contributed by atoms with Gasteiger partial charge in [-0.1, -0.05) is 12.1 Å². The Labute approximate surface area is 209 Å². The van der Waals surface area contributed by atoms with Gasteiger partial charge in [-0.15, -0.1) is 0 Å². The lowest BCUT2D eigenvalue weighted by Crippen LogP contribution is -2.47. The second-order valence-corrected chi connectivity index (χ2v) is 9.17. The number of carbonyl (C=O) groups is 1. The van der Waals surface area contributed by atoms with E-state index >= 15 is 0 Å². The minimum atomic E-state index is -0.685. The number of hydrogen-bond acceptors (Lipinski definition) is 6. The molecule has 1 saturated heterocycles. The lowest BCUT2D eigenvalue weighted by atomic mass is 10.0. The van der Waals surface area contributed by atoms with Gasteiger partial charge < -0.3 is 10.1 Å². The van der Waals surface area contributed by atoms with Gasteiger partial charge in [-0.2, -0.15) is 0 Å². The fourth-order valence-corrected chi connectivity index (χ4v) is 4.60. The summed E-state index contributed by atoms with van der Waals surface area (Å²) < 4.78 is 20.4. The first-order chi connectivity index (χ1) is 17.5. The first-order valence-corrected chi connectivity index (χ1v) is 12.1. The first-order valence-electron chi connectivity index (χ1n) is 12.1. The molecule has 0 radical (unpaired) electrons. The number of aliphatic imine (C=N–C) groups is 1. The molecule has 0 spiro atoms. The van der Waals surface area contributed by atoms with Gasteiger partial charge in [0.15, 0.2) is 0 Å². The Kier molecular flexibility index (Phi) is 6.97. The molecule has 8 heteroatoms. The number of hydrogen-bond donors (Lipinski definition) is 2. The highest BCUT2D eigenvalue weighted by Gasteiger charge is 2.31. The van der Waals surface area contributed by atoms with E-state index in [0.717, 1.165) is 24.0 Å². The smallest absolute Gasteiger partial charge is 0.254 e. The summed E-state index contributed by atoms with van der Waals surface area (Å²) in [4.78, 5) is 23.2. The molecule has 1 amide bonds. The van der Waals surface area contributed by atoms with E-state index in [-0.39, 0.29) is 17.4 Å². The number of anilines is 1. The lowest BCUT2D eigenvalue weighted by molar-refractivity contribution is -0.133. The number of benzene rings is 2. The van der Waals surface area contributed by atoms with Crippen LogP contribution in [0, 0.1) is 11.2 Å². The molecule has 3 aromatic rings. The Hall–Kier alpha value is -3.75. The Morgan fingerprint density at radius 3 is 2.78 bits per heavy atom. The van der Waals surface area contributed by atoms with Crippen molar-refractivity contribution in [2.75, 3.05) is 25.0 Å². The summed E-state index contributed by atoms with van der Waals surface area (Å²) >= 11 is 0. The fraction of sp³-hybridized carbons (Fsp3) is 0.286. The van der Waals surface area contributed by atoms with Crippen molar-refractivity contribution in [1.29, 1.82) is 5.41 Å². The molecule has 1 aliphatic carbocycles. The molecule has 2 N–H and O–H groups in total. The maximum absolute atomic E-state index is 14.7. The fourth-order valence-electron chi connectivity index (χ4n) is 4.60. The number of amides is 1. The van der Waals surface area contributed by atoms with E-state index in [4.69, 9.17) is 10.1 Å². The summed E-state index contributed by atoms with van der Waals surface area (Å²) in [5, 5.41) is 11.5. The van der Waals surface area contributed by atoms with Crippen LogP contribution in [-0.2, 0) is 16.1 Å². The average molecular weight is 486 g/mol. The van der Waals surface area contributed by atoms with Crippen molar-refractivity contribution in [3.05, 3.63) is 89.0 Å². The van der Waals surface area contributed by atoms with Crippen LogP contribution in [0.25, 0.3) is 0 Å². The van der Waals surface area contributed by atoms with Gasteiger partial charge in [0.1, 0.15) is 11.9 Å². The van der Waals surface area contributed by atoms with Gasteiger partial charge in [-0.3, -0.25) is 25.1 Å². The van der Waals surface area contributed by atoms with E-state index < -0.39 is 6.10 Å². The quantitative estimate of drug-likeness (QED) is 0.453. The number of pyridine rings is 1. The molecule has 1 saturated carbocycles. The zero-order chi connectivity index (χ0) is 25.1. The van der Waals surface area contributed by atoms with Crippen LogP contribution in [0.1, 0.15) is 41.0 Å². The Balaban J connectivity index is 1.28. The normalized spacial score (nSPS) is 18.0. The molecule has 2 aromatic carbocycles. The molecule has 1 aromatic heterocycles. The van der Waals surface area contributed by atoms with Crippen LogP contribution in [0.3, 0.4) is 0 Å². The van der Waals surface area contributed by atoms with Crippen molar-refractivity contribution in [1.82, 2.24) is 9.88 Å². The van der Waals surface area contributed by atoms with Gasteiger partial charge >= 0.3 is 0 Å². The van der Waals surface area contributed by atoms with Gasteiger partial charge in [-0.05, 0) is 67.4 Å². The van der Waals surface area contributed by atoms with Crippen molar-refractivity contribution < 1.29 is 13.9 Å². The maximum Gasteiger partial charge on any atom is 0.254 e. The van der Waals surface area contributed by atoms with Crippen molar-refractivity contribution in [2.24, 2.45) is 4.99 Å². The number of nitrogens with one attached hydrogen (secondary N) is 2. The predicted molar refractivity (Wildman–Crippen MR) is 138 cm³/mol. The van der Waals surface area contributed by atoms with E-state index in [2.05, 4.69) is 26.9 Å². The van der Waals surface area contributed by atoms with Crippen molar-refractivity contribution >= 4 is 29.7 Å². The number of nitrogens with zero attached hydrogens (tertiary/aromatic N) is 3. The first kappa shape index (κ1) is 24.0. The number of morpholine rings is 1. The molecular formula is C28H28FN5O2. The second-order valence-electron chi connectivity index (χ2n) is 9.17. The minimum Gasteiger partial charge on any atom is -0.366 e. The Morgan fingerprint density at radius 1 is 1.22 bits per heavy atom. The molecular weight excluding hydrogens is 457 g/mol. The third-order valence-corrected chi connectivity index (χ3v) is 6.67. The van der Waals surface area contributed by atoms with Crippen LogP contribution in [0.5, 0.6) is 0 Å². The van der Waals surface area contributed by atoms with E-state index in [1.54, 1.807) is 48.8 Å². The summed E-state index contributed by atoms with van der Waals surface area (Å²) in [7, 11) is 0. The molecule has 7 nitrogen and oxygen atoms in total. The SMILES string of the molecule is C=Nc1ccc(NC(=O)C2CN(Cc3c(F)cccc3C3CC3)CCO2)cc1C(=N)c1ccncc1. The lowest BCUT2D eigenvalue weighted by Gasteiger charge is -2.32. The topological polar surface area (TPSA) is 90.7 Å². The second kappa shape index (κ2) is 10.5. The van der Waals surface area contributed by atoms with Crippen molar-refractivity contribution in [2.45, 2.75) is 31.4 Å². The number of halogens is 1. The average Bonchev–Trinajstić information content (AvgIpc) is 3.75. The molecule has 0 bridgehead atoms. The van der Waals surface area contributed by atoms with Crippen molar-refractivity contribution in [3.63, 3.8) is 0 Å². The van der Waals surface area contributed by atoms with Crippen LogP contribution >= 0.6 is 0 Å². The van der Waals surface area contributed by atoms with Gasteiger partial charge in [0.25, 0.3) is 5.91 Å². The van der Waals surface area contributed by atoms with Gasteiger partial charge in [0, 0.05) is 54.4 Å².